The summed E-state index contributed by atoms with van der Waals surface area (Å²) in [5.41, 5.74) is 0.514. The molecular formula is C16H23NO4S. The Morgan fingerprint density at radius 3 is 2.55 bits per heavy atom. The first kappa shape index (κ1) is 16.8. The highest BCUT2D eigenvalue weighted by Crippen LogP contribution is 2.15. The lowest BCUT2D eigenvalue weighted by molar-refractivity contribution is 0.0941. The molecule has 0 aromatic heterocycles. The number of hydrogen-bond acceptors (Lipinski definition) is 4. The molecule has 1 atom stereocenters. The number of sulfone groups is 1. The predicted molar refractivity (Wildman–Crippen MR) is 85.9 cm³/mol. The summed E-state index contributed by atoms with van der Waals surface area (Å²) >= 11 is 0. The van der Waals surface area contributed by atoms with Gasteiger partial charge in [-0.1, -0.05) is 13.8 Å². The van der Waals surface area contributed by atoms with Gasteiger partial charge in [-0.2, -0.15) is 0 Å². The predicted octanol–water partition coefficient (Wildman–Crippen LogP) is 2.03. The van der Waals surface area contributed by atoms with Gasteiger partial charge in [-0.3, -0.25) is 4.79 Å². The lowest BCUT2D eigenvalue weighted by Gasteiger charge is -2.12. The van der Waals surface area contributed by atoms with Crippen molar-refractivity contribution in [2.75, 3.05) is 18.1 Å². The first-order valence-corrected chi connectivity index (χ1v) is 9.42. The minimum absolute atomic E-state index is 0.0368. The Morgan fingerprint density at radius 2 is 2.00 bits per heavy atom. The molecule has 1 saturated heterocycles. The van der Waals surface area contributed by atoms with Crippen molar-refractivity contribution in [3.8, 4) is 5.75 Å². The number of hydrogen-bond donors (Lipinski definition) is 1. The molecule has 1 heterocycles. The molecule has 0 spiro atoms. The van der Waals surface area contributed by atoms with E-state index in [4.69, 9.17) is 4.74 Å². The van der Waals surface area contributed by atoms with E-state index in [0.29, 0.717) is 24.5 Å². The highest BCUT2D eigenvalue weighted by Gasteiger charge is 2.29. The second-order valence-electron chi connectivity index (χ2n) is 6.13. The van der Waals surface area contributed by atoms with E-state index in [1.807, 2.05) is 0 Å². The van der Waals surface area contributed by atoms with Crippen LogP contribution in [-0.2, 0) is 9.84 Å². The minimum Gasteiger partial charge on any atom is -0.494 e. The maximum Gasteiger partial charge on any atom is 0.251 e. The maximum absolute atomic E-state index is 12.1. The lowest BCUT2D eigenvalue weighted by atomic mass is 10.1. The van der Waals surface area contributed by atoms with Gasteiger partial charge in [0.1, 0.15) is 5.75 Å². The molecule has 0 unspecified atom stereocenters. The van der Waals surface area contributed by atoms with E-state index in [2.05, 4.69) is 19.2 Å². The minimum atomic E-state index is -2.98. The van der Waals surface area contributed by atoms with Crippen LogP contribution in [0.15, 0.2) is 24.3 Å². The summed E-state index contributed by atoms with van der Waals surface area (Å²) in [6, 6.07) is 6.65. The Labute approximate surface area is 132 Å². The van der Waals surface area contributed by atoms with Crippen molar-refractivity contribution in [2.45, 2.75) is 32.7 Å². The van der Waals surface area contributed by atoms with E-state index in [-0.39, 0.29) is 23.5 Å². The zero-order chi connectivity index (χ0) is 16.2. The third-order valence-corrected chi connectivity index (χ3v) is 5.42. The quantitative estimate of drug-likeness (QED) is 0.868. The van der Waals surface area contributed by atoms with Crippen molar-refractivity contribution in [2.24, 2.45) is 5.92 Å². The molecule has 0 bridgehead atoms. The van der Waals surface area contributed by atoms with Gasteiger partial charge in [0.15, 0.2) is 9.84 Å². The van der Waals surface area contributed by atoms with E-state index in [1.54, 1.807) is 24.3 Å². The Bertz CT molecular complexity index is 608. The van der Waals surface area contributed by atoms with Crippen molar-refractivity contribution in [3.05, 3.63) is 29.8 Å². The first-order valence-electron chi connectivity index (χ1n) is 7.60. The topological polar surface area (TPSA) is 72.5 Å². The molecule has 5 nitrogen and oxygen atoms in total. The zero-order valence-electron chi connectivity index (χ0n) is 13.0. The van der Waals surface area contributed by atoms with Crippen molar-refractivity contribution in [1.82, 2.24) is 5.32 Å². The number of carbonyl (C=O) groups is 1. The molecule has 22 heavy (non-hydrogen) atoms. The highest BCUT2D eigenvalue weighted by atomic mass is 32.2. The Balaban J connectivity index is 1.86. The van der Waals surface area contributed by atoms with Crippen LogP contribution in [0.2, 0.25) is 0 Å². The monoisotopic (exact) mass is 325 g/mol. The molecule has 1 fully saturated rings. The summed E-state index contributed by atoms with van der Waals surface area (Å²) in [6.45, 7) is 4.93. The van der Waals surface area contributed by atoms with Crippen LogP contribution >= 0.6 is 0 Å². The van der Waals surface area contributed by atoms with Gasteiger partial charge in [-0.25, -0.2) is 8.42 Å². The number of rotatable bonds is 6. The summed E-state index contributed by atoms with van der Waals surface area (Å²) in [5.74, 6) is 1.28. The Kier molecular flexibility index (Phi) is 5.45. The zero-order valence-corrected chi connectivity index (χ0v) is 13.9. The number of benzene rings is 1. The van der Waals surface area contributed by atoms with Crippen LogP contribution in [0.25, 0.3) is 0 Å². The van der Waals surface area contributed by atoms with Gasteiger partial charge >= 0.3 is 0 Å². The molecule has 1 aliphatic heterocycles. The molecule has 122 valence electrons. The van der Waals surface area contributed by atoms with Gasteiger partial charge in [0.25, 0.3) is 5.91 Å². The van der Waals surface area contributed by atoms with Gasteiger partial charge in [0.05, 0.1) is 18.1 Å². The van der Waals surface area contributed by atoms with Gasteiger partial charge in [-0.15, -0.1) is 0 Å². The second-order valence-corrected chi connectivity index (χ2v) is 8.36. The number of amides is 1. The lowest BCUT2D eigenvalue weighted by Crippen LogP contribution is -2.35. The van der Waals surface area contributed by atoms with Crippen LogP contribution in [0.4, 0.5) is 0 Å². The van der Waals surface area contributed by atoms with Crippen molar-refractivity contribution in [3.63, 3.8) is 0 Å². The van der Waals surface area contributed by atoms with Crippen LogP contribution in [0.1, 0.15) is 37.0 Å². The fraction of sp³-hybridized carbons (Fsp3) is 0.562. The Morgan fingerprint density at radius 1 is 1.32 bits per heavy atom. The molecular weight excluding hydrogens is 302 g/mol. The molecule has 0 radical (unpaired) electrons. The molecule has 6 heteroatoms. The fourth-order valence-corrected chi connectivity index (χ4v) is 3.97. The Hall–Kier alpha value is -1.56. The van der Waals surface area contributed by atoms with Gasteiger partial charge < -0.3 is 10.1 Å². The molecule has 1 N–H and O–H groups in total. The maximum atomic E-state index is 12.1. The third kappa shape index (κ3) is 5.02. The molecule has 1 amide bonds. The van der Waals surface area contributed by atoms with Crippen LogP contribution in [0.3, 0.4) is 0 Å². The summed E-state index contributed by atoms with van der Waals surface area (Å²) in [6.07, 6.45) is 1.48. The number of ether oxygens (including phenoxy) is 1. The first-order chi connectivity index (χ1) is 10.4. The SMILES string of the molecule is CC(C)CCOc1ccc(C(=O)N[C@@H]2CCS(=O)(=O)C2)cc1. The molecule has 2 rings (SSSR count). The molecule has 1 aliphatic rings. The molecule has 0 aliphatic carbocycles. The van der Waals surface area contributed by atoms with E-state index in [9.17, 15) is 13.2 Å². The van der Waals surface area contributed by atoms with Gasteiger partial charge in [0.2, 0.25) is 0 Å². The normalized spacial score (nSPS) is 20.0. The van der Waals surface area contributed by atoms with Crippen molar-refractivity contribution >= 4 is 15.7 Å². The second kappa shape index (κ2) is 7.13. The summed E-state index contributed by atoms with van der Waals surface area (Å²) in [5, 5.41) is 2.77. The van der Waals surface area contributed by atoms with E-state index in [0.717, 1.165) is 12.2 Å². The third-order valence-electron chi connectivity index (χ3n) is 3.65. The summed E-state index contributed by atoms with van der Waals surface area (Å²) in [7, 11) is -2.98. The van der Waals surface area contributed by atoms with Crippen molar-refractivity contribution in [1.29, 1.82) is 0 Å². The van der Waals surface area contributed by atoms with E-state index >= 15 is 0 Å². The number of nitrogens with one attached hydrogen (secondary N) is 1. The largest absolute Gasteiger partial charge is 0.494 e. The molecule has 1 aromatic rings. The number of carbonyl (C=O) groups excluding carboxylic acids is 1. The van der Waals surface area contributed by atoms with Crippen LogP contribution < -0.4 is 10.1 Å². The van der Waals surface area contributed by atoms with Crippen LogP contribution in [0, 0.1) is 5.92 Å². The van der Waals surface area contributed by atoms with Crippen LogP contribution in [-0.4, -0.2) is 38.5 Å². The van der Waals surface area contributed by atoms with Gasteiger partial charge in [-0.05, 0) is 43.0 Å². The van der Waals surface area contributed by atoms with E-state index < -0.39 is 9.84 Å². The highest BCUT2D eigenvalue weighted by molar-refractivity contribution is 7.91. The smallest absolute Gasteiger partial charge is 0.251 e. The average Bonchev–Trinajstić information content (AvgIpc) is 2.78. The molecule has 1 aromatic carbocycles. The summed E-state index contributed by atoms with van der Waals surface area (Å²) in [4.78, 5) is 12.1. The summed E-state index contributed by atoms with van der Waals surface area (Å²) < 4.78 is 28.4. The fourth-order valence-electron chi connectivity index (χ4n) is 2.29. The standard InChI is InChI=1S/C16H23NO4S/c1-12(2)7-9-21-15-5-3-13(4-6-15)16(18)17-14-8-10-22(19,20)11-14/h3-6,12,14H,7-11H2,1-2H3,(H,17,18)/t14-/m1/s1. The van der Waals surface area contributed by atoms with Gasteiger partial charge in [0, 0.05) is 11.6 Å². The average molecular weight is 325 g/mol. The molecule has 0 saturated carbocycles. The van der Waals surface area contributed by atoms with Crippen molar-refractivity contribution < 1.29 is 17.9 Å². The van der Waals surface area contributed by atoms with Crippen LogP contribution in [0.5, 0.6) is 5.75 Å². The van der Waals surface area contributed by atoms with E-state index in [1.165, 1.54) is 0 Å².